The summed E-state index contributed by atoms with van der Waals surface area (Å²) in [6.07, 6.45) is 8.72. The summed E-state index contributed by atoms with van der Waals surface area (Å²) in [6.45, 7) is 6.27. The summed E-state index contributed by atoms with van der Waals surface area (Å²) in [4.78, 5) is 0. The van der Waals surface area contributed by atoms with Crippen LogP contribution in [0.5, 0.6) is 0 Å². The van der Waals surface area contributed by atoms with E-state index < -0.39 is 0 Å². The normalized spacial score (nSPS) is 22.5. The fraction of sp³-hybridized carbons (Fsp3) is 0.375. The molecule has 0 aliphatic heterocycles. The molecule has 0 saturated heterocycles. The highest BCUT2D eigenvalue weighted by atomic mass is 14.4. The van der Waals surface area contributed by atoms with Crippen LogP contribution in [0.2, 0.25) is 0 Å². The standard InChI is InChI=1S/C16H18/c1-4-15-11-16(15)13(3)7-10-14-8-5-12(2)6-9-14/h1,5-6,8-9,15-16H,3,7,10-11H2,2H3/t15-,16-/m0/s1. The van der Waals surface area contributed by atoms with Crippen LogP contribution in [0.1, 0.15) is 24.0 Å². The second-order valence-corrected chi connectivity index (χ2v) is 4.76. The van der Waals surface area contributed by atoms with E-state index in [1.807, 2.05) is 0 Å². The first kappa shape index (κ1) is 11.0. The van der Waals surface area contributed by atoms with Crippen molar-refractivity contribution in [3.05, 3.63) is 47.5 Å². The van der Waals surface area contributed by atoms with Crippen molar-refractivity contribution in [1.29, 1.82) is 0 Å². The van der Waals surface area contributed by atoms with Crippen molar-refractivity contribution in [3.8, 4) is 12.3 Å². The fourth-order valence-corrected chi connectivity index (χ4v) is 2.08. The highest BCUT2D eigenvalue weighted by Gasteiger charge is 2.36. The lowest BCUT2D eigenvalue weighted by molar-refractivity contribution is 0.826. The smallest absolute Gasteiger partial charge is 0.0272 e. The lowest BCUT2D eigenvalue weighted by Crippen LogP contribution is -1.91. The molecule has 2 rings (SSSR count). The third-order valence-electron chi connectivity index (χ3n) is 3.38. The number of benzene rings is 1. The molecule has 1 saturated carbocycles. The van der Waals surface area contributed by atoms with Gasteiger partial charge in [-0.15, -0.1) is 12.3 Å². The van der Waals surface area contributed by atoms with Gasteiger partial charge in [-0.05, 0) is 37.7 Å². The van der Waals surface area contributed by atoms with E-state index in [0.717, 1.165) is 19.3 Å². The quantitative estimate of drug-likeness (QED) is 0.524. The van der Waals surface area contributed by atoms with Crippen LogP contribution in [0, 0.1) is 31.1 Å². The maximum atomic E-state index is 5.39. The third-order valence-corrected chi connectivity index (χ3v) is 3.38. The second-order valence-electron chi connectivity index (χ2n) is 4.76. The van der Waals surface area contributed by atoms with Crippen molar-refractivity contribution < 1.29 is 0 Å². The van der Waals surface area contributed by atoms with Gasteiger partial charge in [0.2, 0.25) is 0 Å². The summed E-state index contributed by atoms with van der Waals surface area (Å²) in [6, 6.07) is 8.74. The minimum absolute atomic E-state index is 0.477. The van der Waals surface area contributed by atoms with Crippen LogP contribution in [0.25, 0.3) is 0 Å². The Bertz CT molecular complexity index is 416. The number of rotatable bonds is 4. The molecular formula is C16H18. The predicted octanol–water partition coefficient (Wildman–Crippen LogP) is 3.75. The summed E-state index contributed by atoms with van der Waals surface area (Å²) in [7, 11) is 0. The second kappa shape index (κ2) is 4.58. The average molecular weight is 210 g/mol. The zero-order valence-electron chi connectivity index (χ0n) is 9.87. The summed E-state index contributed by atoms with van der Waals surface area (Å²) < 4.78 is 0. The molecule has 1 fully saturated rings. The number of aryl methyl sites for hydroxylation is 2. The Labute approximate surface area is 98.4 Å². The van der Waals surface area contributed by atoms with E-state index in [1.54, 1.807) is 0 Å². The largest absolute Gasteiger partial charge is 0.120 e. The minimum Gasteiger partial charge on any atom is -0.120 e. The first-order chi connectivity index (χ1) is 7.70. The highest BCUT2D eigenvalue weighted by molar-refractivity contribution is 5.24. The van der Waals surface area contributed by atoms with Crippen molar-refractivity contribution in [2.45, 2.75) is 26.2 Å². The van der Waals surface area contributed by atoms with Crippen molar-refractivity contribution in [1.82, 2.24) is 0 Å². The van der Waals surface area contributed by atoms with Gasteiger partial charge in [0.15, 0.2) is 0 Å². The molecule has 0 unspecified atom stereocenters. The van der Waals surface area contributed by atoms with Gasteiger partial charge < -0.3 is 0 Å². The van der Waals surface area contributed by atoms with Crippen LogP contribution >= 0.6 is 0 Å². The maximum Gasteiger partial charge on any atom is 0.0272 e. The highest BCUT2D eigenvalue weighted by Crippen LogP contribution is 2.44. The Morgan fingerprint density at radius 3 is 2.69 bits per heavy atom. The first-order valence-electron chi connectivity index (χ1n) is 5.90. The molecule has 0 bridgehead atoms. The van der Waals surface area contributed by atoms with E-state index in [9.17, 15) is 0 Å². The molecule has 1 aromatic rings. The molecule has 1 aliphatic carbocycles. The topological polar surface area (TPSA) is 0 Å². The molecule has 82 valence electrons. The molecule has 0 spiro atoms. The van der Waals surface area contributed by atoms with Crippen LogP contribution in [0.4, 0.5) is 0 Å². The first-order valence-corrected chi connectivity index (χ1v) is 5.90. The van der Waals surface area contributed by atoms with E-state index in [0.29, 0.717) is 11.8 Å². The van der Waals surface area contributed by atoms with Gasteiger partial charge in [-0.2, -0.15) is 0 Å². The molecule has 0 radical (unpaired) electrons. The zero-order chi connectivity index (χ0) is 11.5. The average Bonchev–Trinajstić information content (AvgIpc) is 3.07. The van der Waals surface area contributed by atoms with Gasteiger partial charge in [0.25, 0.3) is 0 Å². The number of terminal acetylenes is 1. The number of hydrogen-bond acceptors (Lipinski definition) is 0. The Morgan fingerprint density at radius 1 is 1.44 bits per heavy atom. The van der Waals surface area contributed by atoms with Gasteiger partial charge in [-0.3, -0.25) is 0 Å². The molecule has 0 N–H and O–H groups in total. The summed E-state index contributed by atoms with van der Waals surface area (Å²) in [5, 5.41) is 0. The molecule has 0 nitrogen and oxygen atoms in total. The lowest BCUT2D eigenvalue weighted by Gasteiger charge is -2.04. The van der Waals surface area contributed by atoms with Crippen molar-refractivity contribution >= 4 is 0 Å². The zero-order valence-corrected chi connectivity index (χ0v) is 9.87. The predicted molar refractivity (Wildman–Crippen MR) is 69.1 cm³/mol. The molecular weight excluding hydrogens is 192 g/mol. The van der Waals surface area contributed by atoms with Crippen molar-refractivity contribution in [2.24, 2.45) is 11.8 Å². The summed E-state index contributed by atoms with van der Waals surface area (Å²) >= 11 is 0. The van der Waals surface area contributed by atoms with Crippen LogP contribution in [-0.2, 0) is 6.42 Å². The lowest BCUT2D eigenvalue weighted by atomic mass is 10.0. The molecule has 2 atom stereocenters. The summed E-state index contributed by atoms with van der Waals surface area (Å²) in [5.41, 5.74) is 4.05. The van der Waals surface area contributed by atoms with Crippen LogP contribution in [0.3, 0.4) is 0 Å². The molecule has 1 aromatic carbocycles. The van der Waals surface area contributed by atoms with Gasteiger partial charge in [0, 0.05) is 5.92 Å². The molecule has 0 aromatic heterocycles. The van der Waals surface area contributed by atoms with E-state index in [1.165, 1.54) is 16.7 Å². The molecule has 0 heteroatoms. The van der Waals surface area contributed by atoms with Gasteiger partial charge >= 0.3 is 0 Å². The van der Waals surface area contributed by atoms with Crippen molar-refractivity contribution in [2.75, 3.05) is 0 Å². The van der Waals surface area contributed by atoms with E-state index in [-0.39, 0.29) is 0 Å². The molecule has 0 amide bonds. The van der Waals surface area contributed by atoms with Gasteiger partial charge in [0.1, 0.15) is 0 Å². The Hall–Kier alpha value is -1.48. The van der Waals surface area contributed by atoms with Gasteiger partial charge in [0.05, 0.1) is 0 Å². The Kier molecular flexibility index (Phi) is 3.15. The SMILES string of the molecule is C#C[C@H]1C[C@H]1C(=C)CCc1ccc(C)cc1. The van der Waals surface area contributed by atoms with Crippen LogP contribution in [0.15, 0.2) is 36.4 Å². The Balaban J connectivity index is 1.82. The summed E-state index contributed by atoms with van der Waals surface area (Å²) in [5.74, 6) is 3.90. The number of hydrogen-bond donors (Lipinski definition) is 0. The van der Waals surface area contributed by atoms with Gasteiger partial charge in [-0.25, -0.2) is 0 Å². The Morgan fingerprint density at radius 2 is 2.12 bits per heavy atom. The van der Waals surface area contributed by atoms with E-state index in [2.05, 4.69) is 43.7 Å². The minimum atomic E-state index is 0.477. The molecule has 1 aliphatic rings. The van der Waals surface area contributed by atoms with E-state index >= 15 is 0 Å². The van der Waals surface area contributed by atoms with E-state index in [4.69, 9.17) is 6.42 Å². The molecule has 0 heterocycles. The fourth-order valence-electron chi connectivity index (χ4n) is 2.08. The van der Waals surface area contributed by atoms with Crippen LogP contribution in [-0.4, -0.2) is 0 Å². The number of allylic oxidation sites excluding steroid dienone is 1. The molecule has 16 heavy (non-hydrogen) atoms. The van der Waals surface area contributed by atoms with Crippen molar-refractivity contribution in [3.63, 3.8) is 0 Å². The van der Waals surface area contributed by atoms with Crippen LogP contribution < -0.4 is 0 Å². The maximum absolute atomic E-state index is 5.39. The van der Waals surface area contributed by atoms with Gasteiger partial charge in [-0.1, -0.05) is 42.0 Å². The monoisotopic (exact) mass is 210 g/mol. The third kappa shape index (κ3) is 2.55.